The zero-order valence-electron chi connectivity index (χ0n) is 10.6. The van der Waals surface area contributed by atoms with Crippen LogP contribution in [-0.4, -0.2) is 11.9 Å². The van der Waals surface area contributed by atoms with Crippen molar-refractivity contribution in [3.63, 3.8) is 0 Å². The van der Waals surface area contributed by atoms with Crippen LogP contribution in [0.3, 0.4) is 0 Å². The molecule has 1 fully saturated rings. The Morgan fingerprint density at radius 3 is 2.60 bits per heavy atom. The van der Waals surface area contributed by atoms with Crippen LogP contribution < -0.4 is 4.74 Å². The van der Waals surface area contributed by atoms with Gasteiger partial charge in [0.1, 0.15) is 11.6 Å². The predicted octanol–water partition coefficient (Wildman–Crippen LogP) is 4.36. The van der Waals surface area contributed by atoms with E-state index in [2.05, 4.69) is 15.9 Å². The molecule has 0 amide bonds. The molecule has 0 spiro atoms. The Labute approximate surface area is 124 Å². The Bertz CT molecular complexity index is 665. The summed E-state index contributed by atoms with van der Waals surface area (Å²) in [5, 5.41) is 0. The lowest BCUT2D eigenvalue weighted by atomic mass is 10.0. The molecule has 1 aliphatic carbocycles. The predicted molar refractivity (Wildman–Crippen MR) is 77.6 cm³/mol. The summed E-state index contributed by atoms with van der Waals surface area (Å²) in [6, 6.07) is 11.4. The second-order valence-electron chi connectivity index (χ2n) is 4.80. The van der Waals surface area contributed by atoms with Crippen LogP contribution >= 0.6 is 15.9 Å². The molecule has 4 heteroatoms. The first-order valence-electron chi connectivity index (χ1n) is 6.40. The van der Waals surface area contributed by atoms with Crippen molar-refractivity contribution in [1.29, 1.82) is 0 Å². The molecule has 2 nitrogen and oxygen atoms in total. The van der Waals surface area contributed by atoms with Crippen LogP contribution in [0.4, 0.5) is 4.39 Å². The van der Waals surface area contributed by atoms with E-state index in [1.54, 1.807) is 18.2 Å². The number of halogens is 2. The highest BCUT2D eigenvalue weighted by Gasteiger charge is 2.23. The maximum atomic E-state index is 13.2. The van der Waals surface area contributed by atoms with Crippen molar-refractivity contribution in [2.45, 2.75) is 18.9 Å². The van der Waals surface area contributed by atoms with Crippen molar-refractivity contribution in [3.8, 4) is 5.75 Å². The van der Waals surface area contributed by atoms with Crippen molar-refractivity contribution in [3.05, 3.63) is 63.9 Å². The number of benzene rings is 2. The third-order valence-corrected chi connectivity index (χ3v) is 3.71. The normalized spacial score (nSPS) is 14.1. The summed E-state index contributed by atoms with van der Waals surface area (Å²) in [5.74, 6) is 0.179. The number of carbonyl (C=O) groups is 1. The summed E-state index contributed by atoms with van der Waals surface area (Å²) in [5.41, 5.74) is 0.989. The zero-order chi connectivity index (χ0) is 14.1. The van der Waals surface area contributed by atoms with Gasteiger partial charge < -0.3 is 4.74 Å². The van der Waals surface area contributed by atoms with Gasteiger partial charge in [0.05, 0.1) is 10.6 Å². The number of rotatable bonds is 4. The van der Waals surface area contributed by atoms with E-state index >= 15 is 0 Å². The van der Waals surface area contributed by atoms with Crippen molar-refractivity contribution < 1.29 is 13.9 Å². The summed E-state index contributed by atoms with van der Waals surface area (Å²) in [6.45, 7) is 0. The minimum absolute atomic E-state index is 0.146. The zero-order valence-corrected chi connectivity index (χ0v) is 12.2. The minimum atomic E-state index is -0.382. The average molecular weight is 335 g/mol. The Hall–Kier alpha value is -1.68. The van der Waals surface area contributed by atoms with E-state index < -0.39 is 0 Å². The van der Waals surface area contributed by atoms with E-state index in [-0.39, 0.29) is 16.1 Å². The molecule has 20 heavy (non-hydrogen) atoms. The number of carbonyl (C=O) groups excluding carboxylic acids is 1. The van der Waals surface area contributed by atoms with Crippen LogP contribution in [0.5, 0.6) is 5.75 Å². The highest BCUT2D eigenvalue weighted by Crippen LogP contribution is 2.28. The smallest absolute Gasteiger partial charge is 0.193 e. The van der Waals surface area contributed by atoms with Gasteiger partial charge >= 0.3 is 0 Å². The van der Waals surface area contributed by atoms with Gasteiger partial charge in [-0.05, 0) is 59.1 Å². The summed E-state index contributed by atoms with van der Waals surface area (Å²) in [7, 11) is 0. The molecule has 0 bridgehead atoms. The SMILES string of the molecule is O=C(c1cccc(OC2CC2)c1)c1ccc(F)c(Br)c1. The molecular formula is C16H12BrFO2. The molecule has 0 saturated heterocycles. The third-order valence-electron chi connectivity index (χ3n) is 3.11. The Morgan fingerprint density at radius 2 is 1.90 bits per heavy atom. The number of ether oxygens (including phenoxy) is 1. The Balaban J connectivity index is 1.86. The quantitative estimate of drug-likeness (QED) is 0.776. The van der Waals surface area contributed by atoms with Gasteiger partial charge in [-0.25, -0.2) is 4.39 Å². The average Bonchev–Trinajstić information content (AvgIpc) is 3.25. The van der Waals surface area contributed by atoms with Crippen LogP contribution in [0, 0.1) is 5.82 Å². The van der Waals surface area contributed by atoms with E-state index in [0.717, 1.165) is 12.8 Å². The molecule has 0 unspecified atom stereocenters. The minimum Gasteiger partial charge on any atom is -0.490 e. The van der Waals surface area contributed by atoms with Gasteiger partial charge in [0.2, 0.25) is 0 Å². The van der Waals surface area contributed by atoms with E-state index in [1.807, 2.05) is 6.07 Å². The maximum Gasteiger partial charge on any atom is 0.193 e. The number of ketones is 1. The van der Waals surface area contributed by atoms with Gasteiger partial charge in [0.25, 0.3) is 0 Å². The highest BCUT2D eigenvalue weighted by atomic mass is 79.9. The lowest BCUT2D eigenvalue weighted by Gasteiger charge is -2.07. The lowest BCUT2D eigenvalue weighted by Crippen LogP contribution is -2.03. The first-order valence-corrected chi connectivity index (χ1v) is 7.19. The van der Waals surface area contributed by atoms with Crippen LogP contribution in [0.15, 0.2) is 46.9 Å². The van der Waals surface area contributed by atoms with Crippen molar-refractivity contribution in [1.82, 2.24) is 0 Å². The molecule has 0 radical (unpaired) electrons. The molecular weight excluding hydrogens is 323 g/mol. The van der Waals surface area contributed by atoms with Gasteiger partial charge in [0.15, 0.2) is 5.78 Å². The largest absolute Gasteiger partial charge is 0.490 e. The van der Waals surface area contributed by atoms with Crippen molar-refractivity contribution in [2.24, 2.45) is 0 Å². The maximum absolute atomic E-state index is 13.2. The first kappa shape index (κ1) is 13.3. The van der Waals surface area contributed by atoms with Gasteiger partial charge in [-0.2, -0.15) is 0 Å². The first-order chi connectivity index (χ1) is 9.63. The molecule has 3 rings (SSSR count). The fraction of sp³-hybridized carbons (Fsp3) is 0.188. The van der Waals surface area contributed by atoms with Crippen molar-refractivity contribution in [2.75, 3.05) is 0 Å². The molecule has 0 aliphatic heterocycles. The van der Waals surface area contributed by atoms with Crippen molar-refractivity contribution >= 4 is 21.7 Å². The molecule has 0 aromatic heterocycles. The molecule has 1 saturated carbocycles. The summed E-state index contributed by atoms with van der Waals surface area (Å²) in [6.07, 6.45) is 2.44. The molecule has 2 aromatic rings. The van der Waals surface area contributed by atoms with E-state index in [0.29, 0.717) is 23.0 Å². The molecule has 0 heterocycles. The lowest BCUT2D eigenvalue weighted by molar-refractivity contribution is 0.103. The van der Waals surface area contributed by atoms with E-state index in [4.69, 9.17) is 4.74 Å². The van der Waals surface area contributed by atoms with Gasteiger partial charge in [-0.15, -0.1) is 0 Å². The second-order valence-corrected chi connectivity index (χ2v) is 5.66. The van der Waals surface area contributed by atoms with Crippen LogP contribution in [0.25, 0.3) is 0 Å². The molecule has 0 atom stereocenters. The number of hydrogen-bond acceptors (Lipinski definition) is 2. The van der Waals surface area contributed by atoms with E-state index in [1.165, 1.54) is 18.2 Å². The third kappa shape index (κ3) is 2.90. The van der Waals surface area contributed by atoms with Gasteiger partial charge in [-0.3, -0.25) is 4.79 Å². The number of hydrogen-bond donors (Lipinski definition) is 0. The molecule has 2 aromatic carbocycles. The molecule has 1 aliphatic rings. The standard InChI is InChI=1S/C16H12BrFO2/c17-14-9-11(4-7-15(14)18)16(19)10-2-1-3-13(8-10)20-12-5-6-12/h1-4,7-9,12H,5-6H2. The topological polar surface area (TPSA) is 26.3 Å². The van der Waals surface area contributed by atoms with E-state index in [9.17, 15) is 9.18 Å². The second kappa shape index (κ2) is 5.37. The summed E-state index contributed by atoms with van der Waals surface area (Å²) in [4.78, 5) is 12.4. The monoisotopic (exact) mass is 334 g/mol. The fourth-order valence-corrected chi connectivity index (χ4v) is 2.27. The fourth-order valence-electron chi connectivity index (χ4n) is 1.89. The summed E-state index contributed by atoms with van der Waals surface area (Å²) < 4.78 is 19.2. The van der Waals surface area contributed by atoms with Crippen LogP contribution in [0.2, 0.25) is 0 Å². The van der Waals surface area contributed by atoms with Gasteiger partial charge in [0, 0.05) is 11.1 Å². The van der Waals surface area contributed by atoms with Crippen LogP contribution in [0.1, 0.15) is 28.8 Å². The molecule has 102 valence electrons. The Kier molecular flexibility index (Phi) is 3.57. The van der Waals surface area contributed by atoms with Crippen LogP contribution in [-0.2, 0) is 0 Å². The Morgan fingerprint density at radius 1 is 1.15 bits per heavy atom. The highest BCUT2D eigenvalue weighted by molar-refractivity contribution is 9.10. The summed E-state index contributed by atoms with van der Waals surface area (Å²) >= 11 is 3.09. The molecule has 0 N–H and O–H groups in total. The van der Waals surface area contributed by atoms with Gasteiger partial charge in [-0.1, -0.05) is 12.1 Å².